The standard InChI is InChI=1S/C10H19NO2/c1-4-5-6-9(11(2)3)7-8-10(12)13/h7-9H,4-6H2,1-3H3,(H,12,13)/b8-7+. The zero-order valence-corrected chi connectivity index (χ0v) is 8.66. The lowest BCUT2D eigenvalue weighted by molar-refractivity contribution is -0.131. The van der Waals surface area contributed by atoms with Crippen molar-refractivity contribution in [3.05, 3.63) is 12.2 Å². The predicted molar refractivity (Wildman–Crippen MR) is 53.8 cm³/mol. The van der Waals surface area contributed by atoms with Crippen molar-refractivity contribution >= 4 is 5.97 Å². The third-order valence-electron chi connectivity index (χ3n) is 1.98. The molecule has 0 spiro atoms. The first-order chi connectivity index (χ1) is 6.07. The second-order valence-corrected chi connectivity index (χ2v) is 3.37. The maximum absolute atomic E-state index is 10.3. The Balaban J connectivity index is 4.01. The number of carbonyl (C=O) groups is 1. The molecule has 0 bridgehead atoms. The van der Waals surface area contributed by atoms with Gasteiger partial charge in [0, 0.05) is 12.1 Å². The fourth-order valence-electron chi connectivity index (χ4n) is 1.13. The summed E-state index contributed by atoms with van der Waals surface area (Å²) >= 11 is 0. The zero-order valence-electron chi connectivity index (χ0n) is 8.66. The van der Waals surface area contributed by atoms with Crippen LogP contribution in [-0.4, -0.2) is 36.1 Å². The van der Waals surface area contributed by atoms with Crippen LogP contribution >= 0.6 is 0 Å². The van der Waals surface area contributed by atoms with E-state index in [2.05, 4.69) is 6.92 Å². The summed E-state index contributed by atoms with van der Waals surface area (Å²) < 4.78 is 0. The van der Waals surface area contributed by atoms with Crippen LogP contribution in [0.25, 0.3) is 0 Å². The number of likely N-dealkylation sites (N-methyl/N-ethyl adjacent to an activating group) is 1. The molecule has 0 aliphatic carbocycles. The first-order valence-corrected chi connectivity index (χ1v) is 4.65. The van der Waals surface area contributed by atoms with Crippen LogP contribution in [0.4, 0.5) is 0 Å². The quantitative estimate of drug-likeness (QED) is 0.641. The van der Waals surface area contributed by atoms with Gasteiger partial charge in [0.1, 0.15) is 0 Å². The van der Waals surface area contributed by atoms with Gasteiger partial charge in [-0.25, -0.2) is 4.79 Å². The Hall–Kier alpha value is -0.830. The Bertz CT molecular complexity index is 176. The molecule has 0 aromatic heterocycles. The third kappa shape index (κ3) is 6.34. The van der Waals surface area contributed by atoms with Crippen molar-refractivity contribution < 1.29 is 9.90 Å². The van der Waals surface area contributed by atoms with Crippen LogP contribution in [-0.2, 0) is 4.79 Å². The molecule has 0 aromatic carbocycles. The number of aliphatic carboxylic acids is 1. The van der Waals surface area contributed by atoms with Crippen molar-refractivity contribution in [1.82, 2.24) is 4.90 Å². The van der Waals surface area contributed by atoms with Crippen molar-refractivity contribution in [1.29, 1.82) is 0 Å². The second-order valence-electron chi connectivity index (χ2n) is 3.37. The van der Waals surface area contributed by atoms with E-state index < -0.39 is 5.97 Å². The van der Waals surface area contributed by atoms with Gasteiger partial charge in [0.15, 0.2) is 0 Å². The Kier molecular flexibility index (Phi) is 6.24. The molecular formula is C10H19NO2. The third-order valence-corrected chi connectivity index (χ3v) is 1.98. The van der Waals surface area contributed by atoms with Crippen LogP contribution in [0.1, 0.15) is 26.2 Å². The molecule has 0 saturated carbocycles. The minimum atomic E-state index is -0.872. The minimum Gasteiger partial charge on any atom is -0.478 e. The SMILES string of the molecule is CCCCC(/C=C/C(=O)O)N(C)C. The molecule has 0 amide bonds. The van der Waals surface area contributed by atoms with Crippen LogP contribution in [0.15, 0.2) is 12.2 Å². The normalized spacial score (nSPS) is 13.8. The molecule has 3 nitrogen and oxygen atoms in total. The van der Waals surface area contributed by atoms with Crippen LogP contribution in [0.2, 0.25) is 0 Å². The maximum Gasteiger partial charge on any atom is 0.328 e. The molecule has 0 rings (SSSR count). The number of carboxylic acids is 1. The van der Waals surface area contributed by atoms with E-state index in [0.29, 0.717) is 0 Å². The Morgan fingerprint density at radius 2 is 2.15 bits per heavy atom. The summed E-state index contributed by atoms with van der Waals surface area (Å²) in [6, 6.07) is 0.246. The molecule has 13 heavy (non-hydrogen) atoms. The molecule has 1 unspecified atom stereocenters. The smallest absolute Gasteiger partial charge is 0.328 e. The Morgan fingerprint density at radius 1 is 1.54 bits per heavy atom. The molecule has 76 valence electrons. The van der Waals surface area contributed by atoms with Crippen LogP contribution in [0, 0.1) is 0 Å². The summed E-state index contributed by atoms with van der Waals surface area (Å²) in [6.07, 6.45) is 6.27. The van der Waals surface area contributed by atoms with Gasteiger partial charge in [-0.1, -0.05) is 25.8 Å². The highest BCUT2D eigenvalue weighted by atomic mass is 16.4. The highest BCUT2D eigenvalue weighted by Crippen LogP contribution is 2.06. The van der Waals surface area contributed by atoms with Gasteiger partial charge in [0.05, 0.1) is 0 Å². The average Bonchev–Trinajstić information content (AvgIpc) is 2.03. The molecular weight excluding hydrogens is 166 g/mol. The van der Waals surface area contributed by atoms with Crippen LogP contribution in [0.3, 0.4) is 0 Å². The van der Waals surface area contributed by atoms with Gasteiger partial charge < -0.3 is 10.0 Å². The minimum absolute atomic E-state index is 0.246. The van der Waals surface area contributed by atoms with Crippen molar-refractivity contribution in [2.45, 2.75) is 32.2 Å². The first-order valence-electron chi connectivity index (χ1n) is 4.65. The molecule has 1 N–H and O–H groups in total. The molecule has 0 aromatic rings. The van der Waals surface area contributed by atoms with Crippen LogP contribution in [0.5, 0.6) is 0 Å². The molecule has 0 radical (unpaired) electrons. The van der Waals surface area contributed by atoms with E-state index in [9.17, 15) is 4.79 Å². The monoisotopic (exact) mass is 185 g/mol. The number of unbranched alkanes of at least 4 members (excludes halogenated alkanes) is 1. The second kappa shape index (κ2) is 6.66. The van der Waals surface area contributed by atoms with E-state index in [4.69, 9.17) is 5.11 Å². The molecule has 0 fully saturated rings. The van der Waals surface area contributed by atoms with Gasteiger partial charge in [0.25, 0.3) is 0 Å². The van der Waals surface area contributed by atoms with Gasteiger partial charge >= 0.3 is 5.97 Å². The summed E-state index contributed by atoms with van der Waals surface area (Å²) in [5.41, 5.74) is 0. The Labute approximate surface area is 80.0 Å². The van der Waals surface area contributed by atoms with E-state index in [1.807, 2.05) is 19.0 Å². The summed E-state index contributed by atoms with van der Waals surface area (Å²) in [4.78, 5) is 12.3. The summed E-state index contributed by atoms with van der Waals surface area (Å²) in [5, 5.41) is 8.46. The number of rotatable bonds is 6. The highest BCUT2D eigenvalue weighted by Gasteiger charge is 2.06. The van der Waals surface area contributed by atoms with Gasteiger partial charge in [0.2, 0.25) is 0 Å². The molecule has 3 heteroatoms. The number of hydrogen-bond donors (Lipinski definition) is 1. The lowest BCUT2D eigenvalue weighted by Crippen LogP contribution is -2.25. The van der Waals surface area contributed by atoms with E-state index in [1.54, 1.807) is 6.08 Å². The Morgan fingerprint density at radius 3 is 2.54 bits per heavy atom. The van der Waals surface area contributed by atoms with Gasteiger partial charge in [-0.3, -0.25) is 0 Å². The van der Waals surface area contributed by atoms with Crippen molar-refractivity contribution in [2.24, 2.45) is 0 Å². The molecule has 0 aliphatic heterocycles. The number of nitrogens with zero attached hydrogens (tertiary/aromatic N) is 1. The lowest BCUT2D eigenvalue weighted by Gasteiger charge is -2.20. The van der Waals surface area contributed by atoms with E-state index >= 15 is 0 Å². The van der Waals surface area contributed by atoms with E-state index in [0.717, 1.165) is 19.3 Å². The van der Waals surface area contributed by atoms with Gasteiger partial charge in [-0.2, -0.15) is 0 Å². The fraction of sp³-hybridized carbons (Fsp3) is 0.700. The topological polar surface area (TPSA) is 40.5 Å². The van der Waals surface area contributed by atoms with E-state index in [1.165, 1.54) is 6.08 Å². The summed E-state index contributed by atoms with van der Waals surface area (Å²) in [6.45, 7) is 2.13. The number of carboxylic acid groups (broad SMARTS) is 1. The molecule has 0 heterocycles. The average molecular weight is 185 g/mol. The van der Waals surface area contributed by atoms with E-state index in [-0.39, 0.29) is 6.04 Å². The van der Waals surface area contributed by atoms with Crippen LogP contribution < -0.4 is 0 Å². The van der Waals surface area contributed by atoms with Gasteiger partial charge in [-0.15, -0.1) is 0 Å². The molecule has 0 saturated heterocycles. The number of hydrogen-bond acceptors (Lipinski definition) is 2. The summed E-state index contributed by atoms with van der Waals surface area (Å²) in [5.74, 6) is -0.872. The molecule has 0 aliphatic rings. The molecule has 1 atom stereocenters. The summed E-state index contributed by atoms with van der Waals surface area (Å²) in [7, 11) is 3.93. The highest BCUT2D eigenvalue weighted by molar-refractivity contribution is 5.79. The first kappa shape index (κ1) is 12.2. The van der Waals surface area contributed by atoms with Crippen molar-refractivity contribution in [3.63, 3.8) is 0 Å². The van der Waals surface area contributed by atoms with Crippen molar-refractivity contribution in [2.75, 3.05) is 14.1 Å². The predicted octanol–water partition coefficient (Wildman–Crippen LogP) is 1.75. The van der Waals surface area contributed by atoms with Gasteiger partial charge in [-0.05, 0) is 20.5 Å². The largest absolute Gasteiger partial charge is 0.478 e. The maximum atomic E-state index is 10.3. The van der Waals surface area contributed by atoms with Crippen molar-refractivity contribution in [3.8, 4) is 0 Å². The lowest BCUT2D eigenvalue weighted by atomic mass is 10.1. The zero-order chi connectivity index (χ0) is 10.3. The fourth-order valence-corrected chi connectivity index (χ4v) is 1.13.